The van der Waals surface area contributed by atoms with Gasteiger partial charge >= 0.3 is 0 Å². The number of rotatable bonds is 6. The normalized spacial score (nSPS) is 12.2. The van der Waals surface area contributed by atoms with Gasteiger partial charge < -0.3 is 0 Å². The standard InChI is InChI=1S/C24H24F2/c1-3-7-17(2)14-18-10-12-21(23-16-20(25)11-13-24(23)26)22(15-18)19-8-5-4-6-9-19/h4-6,8-13,15-17H,3,7,14H2,1-2H3/t17-/m1/s1. The topological polar surface area (TPSA) is 0 Å². The van der Waals surface area contributed by atoms with Gasteiger partial charge in [-0.1, -0.05) is 75.2 Å². The molecule has 0 aromatic heterocycles. The van der Waals surface area contributed by atoms with E-state index >= 15 is 0 Å². The van der Waals surface area contributed by atoms with Crippen molar-refractivity contribution in [2.24, 2.45) is 5.92 Å². The van der Waals surface area contributed by atoms with Crippen LogP contribution in [0.25, 0.3) is 22.3 Å². The number of hydrogen-bond donors (Lipinski definition) is 0. The highest BCUT2D eigenvalue weighted by Gasteiger charge is 2.14. The first-order valence-corrected chi connectivity index (χ1v) is 9.22. The summed E-state index contributed by atoms with van der Waals surface area (Å²) < 4.78 is 28.1. The molecule has 134 valence electrons. The zero-order chi connectivity index (χ0) is 18.5. The molecule has 26 heavy (non-hydrogen) atoms. The third-order valence-electron chi connectivity index (χ3n) is 4.75. The van der Waals surface area contributed by atoms with Crippen LogP contribution in [0.3, 0.4) is 0 Å². The van der Waals surface area contributed by atoms with Crippen LogP contribution in [-0.2, 0) is 6.42 Å². The lowest BCUT2D eigenvalue weighted by molar-refractivity contribution is 0.522. The van der Waals surface area contributed by atoms with E-state index in [4.69, 9.17) is 0 Å². The van der Waals surface area contributed by atoms with Crippen LogP contribution in [0.2, 0.25) is 0 Å². The highest BCUT2D eigenvalue weighted by molar-refractivity contribution is 5.84. The van der Waals surface area contributed by atoms with Gasteiger partial charge in [-0.15, -0.1) is 0 Å². The van der Waals surface area contributed by atoms with Crippen molar-refractivity contribution in [3.05, 3.63) is 83.9 Å². The van der Waals surface area contributed by atoms with E-state index in [1.54, 1.807) is 0 Å². The predicted octanol–water partition coefficient (Wildman–Crippen LogP) is 7.28. The Balaban J connectivity index is 2.10. The lowest BCUT2D eigenvalue weighted by atomic mass is 9.89. The van der Waals surface area contributed by atoms with E-state index < -0.39 is 11.6 Å². The van der Waals surface area contributed by atoms with Crippen LogP contribution in [0.5, 0.6) is 0 Å². The molecule has 0 amide bonds. The van der Waals surface area contributed by atoms with Crippen LogP contribution in [0.1, 0.15) is 32.3 Å². The van der Waals surface area contributed by atoms with Crippen molar-refractivity contribution < 1.29 is 8.78 Å². The molecule has 0 saturated carbocycles. The quantitative estimate of drug-likeness (QED) is 0.438. The van der Waals surface area contributed by atoms with Gasteiger partial charge in [0.2, 0.25) is 0 Å². The molecule has 0 spiro atoms. The summed E-state index contributed by atoms with van der Waals surface area (Å²) in [7, 11) is 0. The first kappa shape index (κ1) is 18.3. The molecule has 0 aliphatic rings. The van der Waals surface area contributed by atoms with Gasteiger partial charge in [-0.25, -0.2) is 8.78 Å². The van der Waals surface area contributed by atoms with Crippen molar-refractivity contribution in [1.29, 1.82) is 0 Å². The van der Waals surface area contributed by atoms with Crippen LogP contribution in [-0.4, -0.2) is 0 Å². The average molecular weight is 350 g/mol. The Morgan fingerprint density at radius 2 is 1.58 bits per heavy atom. The van der Waals surface area contributed by atoms with Gasteiger partial charge in [0.15, 0.2) is 0 Å². The first-order chi connectivity index (χ1) is 12.6. The summed E-state index contributed by atoms with van der Waals surface area (Å²) in [4.78, 5) is 0. The number of hydrogen-bond acceptors (Lipinski definition) is 0. The minimum Gasteiger partial charge on any atom is -0.207 e. The largest absolute Gasteiger partial charge is 0.207 e. The molecule has 0 radical (unpaired) electrons. The Bertz CT molecular complexity index is 869. The van der Waals surface area contributed by atoms with Crippen molar-refractivity contribution in [1.82, 2.24) is 0 Å². The monoisotopic (exact) mass is 350 g/mol. The number of benzene rings is 3. The zero-order valence-electron chi connectivity index (χ0n) is 15.3. The molecule has 0 fully saturated rings. The Morgan fingerprint density at radius 3 is 2.31 bits per heavy atom. The maximum atomic E-state index is 14.4. The van der Waals surface area contributed by atoms with E-state index in [9.17, 15) is 8.78 Å². The number of halogens is 2. The van der Waals surface area contributed by atoms with E-state index in [0.717, 1.165) is 29.2 Å². The molecular weight excluding hydrogens is 326 g/mol. The minimum atomic E-state index is -0.430. The molecule has 0 unspecified atom stereocenters. The summed E-state index contributed by atoms with van der Waals surface area (Å²) in [5.74, 6) is -0.239. The van der Waals surface area contributed by atoms with E-state index in [0.29, 0.717) is 11.5 Å². The molecule has 0 saturated heterocycles. The molecular formula is C24H24F2. The summed E-state index contributed by atoms with van der Waals surface area (Å²) in [6, 6.07) is 19.6. The highest BCUT2D eigenvalue weighted by atomic mass is 19.1. The van der Waals surface area contributed by atoms with Crippen LogP contribution < -0.4 is 0 Å². The summed E-state index contributed by atoms with van der Waals surface area (Å²) in [5, 5.41) is 0. The molecule has 0 heterocycles. The molecule has 1 atom stereocenters. The molecule has 2 heteroatoms. The van der Waals surface area contributed by atoms with Gasteiger partial charge in [0.25, 0.3) is 0 Å². The third kappa shape index (κ3) is 4.19. The smallest absolute Gasteiger partial charge is 0.131 e. The van der Waals surface area contributed by atoms with Crippen LogP contribution in [0.4, 0.5) is 8.78 Å². The Hall–Kier alpha value is -2.48. The summed E-state index contributed by atoms with van der Waals surface area (Å²) >= 11 is 0. The van der Waals surface area contributed by atoms with E-state index in [2.05, 4.69) is 19.9 Å². The maximum absolute atomic E-state index is 14.4. The zero-order valence-corrected chi connectivity index (χ0v) is 15.3. The van der Waals surface area contributed by atoms with Crippen molar-refractivity contribution in [2.75, 3.05) is 0 Å². The van der Waals surface area contributed by atoms with Gasteiger partial charge in [0.1, 0.15) is 11.6 Å². The summed E-state index contributed by atoms with van der Waals surface area (Å²) in [6.07, 6.45) is 3.33. The van der Waals surface area contributed by atoms with Gasteiger partial charge in [-0.3, -0.25) is 0 Å². The Morgan fingerprint density at radius 1 is 0.808 bits per heavy atom. The molecule has 0 nitrogen and oxygen atoms in total. The summed E-state index contributed by atoms with van der Waals surface area (Å²) in [6.45, 7) is 4.45. The predicted molar refractivity (Wildman–Crippen MR) is 105 cm³/mol. The van der Waals surface area contributed by atoms with E-state index in [1.165, 1.54) is 30.5 Å². The van der Waals surface area contributed by atoms with Gasteiger partial charge in [-0.05, 0) is 52.8 Å². The van der Waals surface area contributed by atoms with Gasteiger partial charge in [-0.2, -0.15) is 0 Å². The highest BCUT2D eigenvalue weighted by Crippen LogP contribution is 2.35. The first-order valence-electron chi connectivity index (χ1n) is 9.22. The lowest BCUT2D eigenvalue weighted by Crippen LogP contribution is -2.00. The third-order valence-corrected chi connectivity index (χ3v) is 4.75. The Labute approximate surface area is 154 Å². The average Bonchev–Trinajstić information content (AvgIpc) is 2.65. The lowest BCUT2D eigenvalue weighted by Gasteiger charge is -2.16. The molecule has 0 aliphatic heterocycles. The second-order valence-electron chi connectivity index (χ2n) is 6.97. The fraction of sp³-hybridized carbons (Fsp3) is 0.250. The molecule has 0 N–H and O–H groups in total. The molecule has 3 rings (SSSR count). The maximum Gasteiger partial charge on any atom is 0.131 e. The molecule has 3 aromatic carbocycles. The van der Waals surface area contributed by atoms with Gasteiger partial charge in [0.05, 0.1) is 0 Å². The van der Waals surface area contributed by atoms with Crippen molar-refractivity contribution in [2.45, 2.75) is 33.1 Å². The second kappa shape index (κ2) is 8.27. The summed E-state index contributed by atoms with van der Waals surface area (Å²) in [5.41, 5.74) is 4.20. The van der Waals surface area contributed by atoms with Crippen molar-refractivity contribution >= 4 is 0 Å². The van der Waals surface area contributed by atoms with Crippen molar-refractivity contribution in [3.8, 4) is 22.3 Å². The molecule has 0 bridgehead atoms. The Kier molecular flexibility index (Phi) is 5.82. The van der Waals surface area contributed by atoms with Gasteiger partial charge in [0, 0.05) is 5.56 Å². The van der Waals surface area contributed by atoms with Crippen molar-refractivity contribution in [3.63, 3.8) is 0 Å². The minimum absolute atomic E-state index is 0.303. The second-order valence-corrected chi connectivity index (χ2v) is 6.97. The molecule has 0 aliphatic carbocycles. The fourth-order valence-corrected chi connectivity index (χ4v) is 3.51. The van der Waals surface area contributed by atoms with Crippen LogP contribution in [0, 0.1) is 17.6 Å². The molecule has 3 aromatic rings. The SMILES string of the molecule is CCC[C@@H](C)Cc1ccc(-c2cc(F)ccc2F)c(-c2ccccc2)c1. The van der Waals surface area contributed by atoms with E-state index in [-0.39, 0.29) is 0 Å². The van der Waals surface area contributed by atoms with Crippen LogP contribution in [0.15, 0.2) is 66.7 Å². The van der Waals surface area contributed by atoms with Crippen LogP contribution >= 0.6 is 0 Å². The van der Waals surface area contributed by atoms with E-state index in [1.807, 2.05) is 42.5 Å². The fourth-order valence-electron chi connectivity index (χ4n) is 3.51.